The third-order valence-corrected chi connectivity index (χ3v) is 1.64. The third kappa shape index (κ3) is 1.69. The van der Waals surface area contributed by atoms with E-state index in [1.54, 1.807) is 0 Å². The van der Waals surface area contributed by atoms with Gasteiger partial charge in [-0.3, -0.25) is 0 Å². The lowest BCUT2D eigenvalue weighted by molar-refractivity contribution is -0.290. The second kappa shape index (κ2) is 2.85. The molecule has 2 N–H and O–H groups in total. The first-order valence-corrected chi connectivity index (χ1v) is 3.15. The molecule has 0 aliphatic rings. The molecule has 6 heteroatoms. The van der Waals surface area contributed by atoms with Gasteiger partial charge in [0.25, 0.3) is 5.67 Å². The molecule has 0 aliphatic carbocycles. The van der Waals surface area contributed by atoms with E-state index in [9.17, 15) is 17.6 Å². The lowest BCUT2D eigenvalue weighted by atomic mass is 9.88. The van der Waals surface area contributed by atoms with Crippen molar-refractivity contribution in [3.63, 3.8) is 0 Å². The van der Waals surface area contributed by atoms with Gasteiger partial charge in [0, 0.05) is 0 Å². The molecular weight excluding hydrogens is 180 g/mol. The van der Waals surface area contributed by atoms with Crippen LogP contribution in [0.1, 0.15) is 13.8 Å². The Hall–Kier alpha value is -0.360. The summed E-state index contributed by atoms with van der Waals surface area (Å²) in [4.78, 5) is 0. The van der Waals surface area contributed by atoms with Gasteiger partial charge in [-0.1, -0.05) is 0 Å². The Morgan fingerprint density at radius 2 is 1.42 bits per heavy atom. The van der Waals surface area contributed by atoms with Gasteiger partial charge in [-0.05, 0) is 13.8 Å². The molecule has 0 aromatic heterocycles. The first-order valence-electron chi connectivity index (χ1n) is 3.15. The lowest BCUT2D eigenvalue weighted by Crippen LogP contribution is -2.59. The zero-order chi connectivity index (χ0) is 10.2. The van der Waals surface area contributed by atoms with E-state index < -0.39 is 24.1 Å². The van der Waals surface area contributed by atoms with E-state index >= 15 is 0 Å². The number of aliphatic hydroxyl groups is 2. The largest absolute Gasteiger partial charge is 0.427 e. The molecule has 0 aromatic carbocycles. The van der Waals surface area contributed by atoms with Crippen LogP contribution in [0.15, 0.2) is 0 Å². The number of rotatable bonds is 2. The first-order chi connectivity index (χ1) is 5.06. The van der Waals surface area contributed by atoms with Crippen LogP contribution in [0.5, 0.6) is 0 Å². The van der Waals surface area contributed by atoms with Crippen LogP contribution in [0.2, 0.25) is 0 Å². The summed E-state index contributed by atoms with van der Waals surface area (Å²) in [5.41, 5.74) is -6.62. The van der Waals surface area contributed by atoms with Crippen molar-refractivity contribution >= 4 is 0 Å². The lowest BCUT2D eigenvalue weighted by Gasteiger charge is -2.35. The normalized spacial score (nSPS) is 19.0. The molecule has 0 saturated heterocycles. The molecule has 1 atom stereocenters. The van der Waals surface area contributed by atoms with E-state index in [4.69, 9.17) is 10.2 Å². The standard InChI is InChI=1S/C6H10F4O2/c1-4(2,12)5(7,3-11)6(8,9)10/h11-12H,3H2,1-2H3. The summed E-state index contributed by atoms with van der Waals surface area (Å²) >= 11 is 0. The van der Waals surface area contributed by atoms with Gasteiger partial charge in [0.2, 0.25) is 0 Å². The minimum absolute atomic E-state index is 0.650. The average Bonchev–Trinajstić information content (AvgIpc) is 1.81. The summed E-state index contributed by atoms with van der Waals surface area (Å²) in [6, 6.07) is 0. The van der Waals surface area contributed by atoms with Crippen LogP contribution in [-0.4, -0.2) is 34.3 Å². The quantitative estimate of drug-likeness (QED) is 0.638. The van der Waals surface area contributed by atoms with E-state index in [1.165, 1.54) is 0 Å². The minimum atomic E-state index is -5.28. The summed E-state index contributed by atoms with van der Waals surface area (Å²) in [5, 5.41) is 17.0. The number of halogens is 4. The van der Waals surface area contributed by atoms with Gasteiger partial charge in [0.1, 0.15) is 5.60 Å². The topological polar surface area (TPSA) is 40.5 Å². The summed E-state index contributed by atoms with van der Waals surface area (Å²) in [6.45, 7) is -0.493. The summed E-state index contributed by atoms with van der Waals surface area (Å²) in [6.07, 6.45) is -5.28. The Morgan fingerprint density at radius 1 is 1.08 bits per heavy atom. The van der Waals surface area contributed by atoms with E-state index in [1.807, 2.05) is 0 Å². The van der Waals surface area contributed by atoms with Crippen LogP contribution < -0.4 is 0 Å². The SMILES string of the molecule is CC(C)(O)C(F)(CO)C(F)(F)F. The summed E-state index contributed by atoms with van der Waals surface area (Å²) in [5.74, 6) is 0. The monoisotopic (exact) mass is 190 g/mol. The number of aliphatic hydroxyl groups excluding tert-OH is 1. The highest BCUT2D eigenvalue weighted by molar-refractivity contribution is 4.99. The van der Waals surface area contributed by atoms with Gasteiger partial charge in [-0.15, -0.1) is 0 Å². The molecular formula is C6H10F4O2. The number of hydrogen-bond donors (Lipinski definition) is 2. The van der Waals surface area contributed by atoms with Crippen molar-refractivity contribution in [2.24, 2.45) is 0 Å². The smallest absolute Gasteiger partial charge is 0.393 e. The highest BCUT2D eigenvalue weighted by Gasteiger charge is 2.64. The second-order valence-electron chi connectivity index (χ2n) is 3.02. The Balaban J connectivity index is 4.95. The van der Waals surface area contributed by atoms with Crippen LogP contribution in [0.4, 0.5) is 17.6 Å². The number of alkyl halides is 4. The second-order valence-corrected chi connectivity index (χ2v) is 3.02. The van der Waals surface area contributed by atoms with Gasteiger partial charge in [-0.2, -0.15) is 13.2 Å². The fourth-order valence-electron chi connectivity index (χ4n) is 0.630. The zero-order valence-electron chi connectivity index (χ0n) is 6.61. The van der Waals surface area contributed by atoms with Crippen LogP contribution in [0.3, 0.4) is 0 Å². The summed E-state index contributed by atoms with van der Waals surface area (Å²) < 4.78 is 48.6. The molecule has 0 aliphatic heterocycles. The fourth-order valence-corrected chi connectivity index (χ4v) is 0.630. The zero-order valence-corrected chi connectivity index (χ0v) is 6.61. The molecule has 0 amide bonds. The summed E-state index contributed by atoms with van der Waals surface area (Å²) in [7, 11) is 0. The van der Waals surface area contributed by atoms with Crippen LogP contribution in [-0.2, 0) is 0 Å². The van der Waals surface area contributed by atoms with E-state index in [2.05, 4.69) is 0 Å². The maximum atomic E-state index is 12.9. The van der Waals surface area contributed by atoms with Crippen molar-refractivity contribution in [2.45, 2.75) is 31.3 Å². The van der Waals surface area contributed by atoms with E-state index in [0.29, 0.717) is 13.8 Å². The molecule has 0 saturated carbocycles. The molecule has 12 heavy (non-hydrogen) atoms. The molecule has 0 bridgehead atoms. The number of hydrogen-bond acceptors (Lipinski definition) is 2. The van der Waals surface area contributed by atoms with Crippen molar-refractivity contribution in [1.82, 2.24) is 0 Å². The molecule has 2 nitrogen and oxygen atoms in total. The molecule has 0 fully saturated rings. The molecule has 0 rings (SSSR count). The average molecular weight is 190 g/mol. The van der Waals surface area contributed by atoms with E-state index in [0.717, 1.165) is 0 Å². The van der Waals surface area contributed by atoms with Crippen molar-refractivity contribution in [3.8, 4) is 0 Å². The molecule has 0 radical (unpaired) electrons. The minimum Gasteiger partial charge on any atom is -0.393 e. The van der Waals surface area contributed by atoms with Crippen LogP contribution in [0.25, 0.3) is 0 Å². The van der Waals surface area contributed by atoms with Crippen LogP contribution in [0, 0.1) is 0 Å². The molecule has 0 spiro atoms. The van der Waals surface area contributed by atoms with Gasteiger partial charge in [-0.25, -0.2) is 4.39 Å². The van der Waals surface area contributed by atoms with Crippen LogP contribution >= 0.6 is 0 Å². The maximum absolute atomic E-state index is 12.9. The molecule has 1 unspecified atom stereocenters. The molecule has 74 valence electrons. The predicted molar refractivity (Wildman–Crippen MR) is 33.3 cm³/mol. The Bertz CT molecular complexity index is 144. The maximum Gasteiger partial charge on any atom is 0.427 e. The van der Waals surface area contributed by atoms with Crippen molar-refractivity contribution in [3.05, 3.63) is 0 Å². The predicted octanol–water partition coefficient (Wildman–Crippen LogP) is 1.02. The van der Waals surface area contributed by atoms with Crippen molar-refractivity contribution < 1.29 is 27.8 Å². The Kier molecular flexibility index (Phi) is 2.76. The van der Waals surface area contributed by atoms with Crippen molar-refractivity contribution in [2.75, 3.05) is 6.61 Å². The fraction of sp³-hybridized carbons (Fsp3) is 1.00. The van der Waals surface area contributed by atoms with Gasteiger partial charge in [0.05, 0.1) is 6.61 Å². The molecule has 0 aromatic rings. The highest BCUT2D eigenvalue weighted by atomic mass is 19.4. The molecule has 0 heterocycles. The van der Waals surface area contributed by atoms with Gasteiger partial charge in [0.15, 0.2) is 0 Å². The van der Waals surface area contributed by atoms with Gasteiger partial charge < -0.3 is 10.2 Å². The highest BCUT2D eigenvalue weighted by Crippen LogP contribution is 2.41. The Labute approximate surface area is 66.8 Å². The van der Waals surface area contributed by atoms with Gasteiger partial charge >= 0.3 is 6.18 Å². The third-order valence-electron chi connectivity index (χ3n) is 1.64. The van der Waals surface area contributed by atoms with E-state index in [-0.39, 0.29) is 0 Å². The Morgan fingerprint density at radius 3 is 1.42 bits per heavy atom. The van der Waals surface area contributed by atoms with Crippen molar-refractivity contribution in [1.29, 1.82) is 0 Å². The first kappa shape index (κ1) is 11.6.